The normalized spacial score (nSPS) is 25.9. The van der Waals surface area contributed by atoms with Crippen LogP contribution in [0.3, 0.4) is 0 Å². The smallest absolute Gasteiger partial charge is 0.330 e. The molecule has 1 aliphatic carbocycles. The molecular weight excluding hydrogens is 348 g/mol. The van der Waals surface area contributed by atoms with Crippen LogP contribution in [0.1, 0.15) is 65.7 Å². The third kappa shape index (κ3) is 5.53. The van der Waals surface area contributed by atoms with Crippen LogP contribution >= 0.6 is 0 Å². The third-order valence-corrected chi connectivity index (χ3v) is 5.42. The lowest BCUT2D eigenvalue weighted by molar-refractivity contribution is -0.132. The molecule has 2 rings (SSSR count). The fourth-order valence-electron chi connectivity index (χ4n) is 3.46. The zero-order chi connectivity index (χ0) is 20.2. The van der Waals surface area contributed by atoms with Crippen LogP contribution < -0.4 is 0 Å². The van der Waals surface area contributed by atoms with E-state index < -0.39 is 23.8 Å². The number of Topliss-reactive ketones (excluding diaryl/α,β-unsaturated/α-hetero) is 1. The Bertz CT molecular complexity index is 683. The molecule has 1 aliphatic heterocycles. The SMILES string of the molecule is C/C(=C\CCC(C)(O)[C@@H]1CC2=C(CC[C@@H](O)C2=O)O1)CC/C=C(\C)C(=O)O. The highest BCUT2D eigenvalue weighted by Gasteiger charge is 2.43. The van der Waals surface area contributed by atoms with Crippen LogP contribution in [0.2, 0.25) is 0 Å². The van der Waals surface area contributed by atoms with E-state index in [2.05, 4.69) is 6.08 Å². The van der Waals surface area contributed by atoms with Gasteiger partial charge in [-0.3, -0.25) is 4.79 Å². The lowest BCUT2D eigenvalue weighted by Gasteiger charge is -2.30. The molecule has 0 radical (unpaired) electrons. The first-order valence-electron chi connectivity index (χ1n) is 9.51. The van der Waals surface area contributed by atoms with Gasteiger partial charge in [0.15, 0.2) is 5.78 Å². The van der Waals surface area contributed by atoms with E-state index in [1.54, 1.807) is 19.9 Å². The summed E-state index contributed by atoms with van der Waals surface area (Å²) in [6.45, 7) is 5.29. The van der Waals surface area contributed by atoms with E-state index in [9.17, 15) is 19.8 Å². The minimum atomic E-state index is -1.07. The van der Waals surface area contributed by atoms with Crippen molar-refractivity contribution in [1.82, 2.24) is 0 Å². The van der Waals surface area contributed by atoms with Gasteiger partial charge >= 0.3 is 5.97 Å². The molecule has 27 heavy (non-hydrogen) atoms. The summed E-state index contributed by atoms with van der Waals surface area (Å²) in [6, 6.07) is 0. The minimum Gasteiger partial charge on any atom is -0.491 e. The summed E-state index contributed by atoms with van der Waals surface area (Å²) in [5, 5.41) is 29.3. The Labute approximate surface area is 160 Å². The number of aliphatic hydroxyl groups is 2. The van der Waals surface area contributed by atoms with Gasteiger partial charge < -0.3 is 20.1 Å². The van der Waals surface area contributed by atoms with Crippen molar-refractivity contribution < 1.29 is 29.6 Å². The van der Waals surface area contributed by atoms with E-state index >= 15 is 0 Å². The number of carbonyl (C=O) groups is 2. The predicted molar refractivity (Wildman–Crippen MR) is 101 cm³/mol. The van der Waals surface area contributed by atoms with E-state index in [-0.39, 0.29) is 5.78 Å². The Morgan fingerprint density at radius 2 is 2.00 bits per heavy atom. The molecule has 0 saturated carbocycles. The Kier molecular flexibility index (Phi) is 7.00. The van der Waals surface area contributed by atoms with Crippen LogP contribution in [-0.2, 0) is 14.3 Å². The molecular formula is C21H30O6. The molecule has 0 amide bonds. The molecule has 0 aromatic carbocycles. The van der Waals surface area contributed by atoms with E-state index in [4.69, 9.17) is 9.84 Å². The second-order valence-electron chi connectivity index (χ2n) is 7.81. The fraction of sp³-hybridized carbons (Fsp3) is 0.619. The van der Waals surface area contributed by atoms with Gasteiger partial charge in [-0.15, -0.1) is 0 Å². The van der Waals surface area contributed by atoms with E-state index in [0.29, 0.717) is 55.4 Å². The lowest BCUT2D eigenvalue weighted by Crippen LogP contribution is -2.39. The quantitative estimate of drug-likeness (QED) is 0.443. The number of rotatable bonds is 8. The number of carboxylic acid groups (broad SMARTS) is 1. The Balaban J connectivity index is 1.82. The maximum absolute atomic E-state index is 12.1. The lowest BCUT2D eigenvalue weighted by atomic mass is 9.86. The summed E-state index contributed by atoms with van der Waals surface area (Å²) in [4.78, 5) is 22.8. The molecule has 0 bridgehead atoms. The third-order valence-electron chi connectivity index (χ3n) is 5.42. The van der Waals surface area contributed by atoms with Gasteiger partial charge in [-0.05, 0) is 52.9 Å². The Morgan fingerprint density at radius 3 is 2.67 bits per heavy atom. The van der Waals surface area contributed by atoms with E-state index in [1.807, 2.05) is 6.92 Å². The number of carboxylic acids is 1. The molecule has 6 heteroatoms. The minimum absolute atomic E-state index is 0.269. The van der Waals surface area contributed by atoms with Crippen molar-refractivity contribution in [2.24, 2.45) is 0 Å². The first kappa shape index (κ1) is 21.4. The number of aliphatic carboxylic acids is 1. The van der Waals surface area contributed by atoms with Crippen LogP contribution in [0.5, 0.6) is 0 Å². The summed E-state index contributed by atoms with van der Waals surface area (Å²) >= 11 is 0. The maximum Gasteiger partial charge on any atom is 0.330 e. The molecule has 3 N–H and O–H groups in total. The largest absolute Gasteiger partial charge is 0.491 e. The first-order valence-corrected chi connectivity index (χ1v) is 9.51. The van der Waals surface area contributed by atoms with Gasteiger partial charge in [-0.2, -0.15) is 0 Å². The summed E-state index contributed by atoms with van der Waals surface area (Å²) in [5.41, 5.74) is 0.953. The van der Waals surface area contributed by atoms with Gasteiger partial charge in [0.2, 0.25) is 0 Å². The Morgan fingerprint density at radius 1 is 1.30 bits per heavy atom. The van der Waals surface area contributed by atoms with Gasteiger partial charge in [0, 0.05) is 24.0 Å². The maximum atomic E-state index is 12.1. The van der Waals surface area contributed by atoms with Gasteiger partial charge in [-0.25, -0.2) is 4.79 Å². The van der Waals surface area contributed by atoms with Crippen molar-refractivity contribution in [2.75, 3.05) is 0 Å². The summed E-state index contributed by atoms with van der Waals surface area (Å²) in [5.74, 6) is -0.538. The summed E-state index contributed by atoms with van der Waals surface area (Å²) in [6.07, 6.45) is 6.23. The number of allylic oxidation sites excluding steroid dienone is 4. The number of aliphatic hydroxyl groups excluding tert-OH is 1. The number of hydrogen-bond acceptors (Lipinski definition) is 5. The van der Waals surface area contributed by atoms with Crippen molar-refractivity contribution in [2.45, 2.75) is 83.5 Å². The van der Waals surface area contributed by atoms with E-state index in [1.165, 1.54) is 0 Å². The number of ketones is 1. The molecule has 0 aromatic heterocycles. The van der Waals surface area contributed by atoms with Gasteiger partial charge in [-0.1, -0.05) is 17.7 Å². The standard InChI is InChI=1S/C21H30O6/c1-13(6-4-8-14(2)20(24)25)7-5-11-21(3,26)18-12-15-17(27-18)10-9-16(22)19(15)23/h7-8,16,18,22,26H,4-6,9-12H2,1-3H3,(H,24,25)/b13-7+,14-8+/t16-,18+,21?/m1/s1. The molecule has 6 nitrogen and oxygen atoms in total. The zero-order valence-corrected chi connectivity index (χ0v) is 16.3. The molecule has 150 valence electrons. The van der Waals surface area contributed by atoms with Crippen molar-refractivity contribution in [3.05, 3.63) is 34.6 Å². The van der Waals surface area contributed by atoms with Crippen molar-refractivity contribution in [3.8, 4) is 0 Å². The average molecular weight is 378 g/mol. The van der Waals surface area contributed by atoms with Crippen LogP contribution in [-0.4, -0.2) is 44.9 Å². The number of ether oxygens (including phenoxy) is 1. The highest BCUT2D eigenvalue weighted by atomic mass is 16.5. The van der Waals surface area contributed by atoms with Gasteiger partial charge in [0.25, 0.3) is 0 Å². The molecule has 0 fully saturated rings. The molecule has 0 saturated heterocycles. The second-order valence-corrected chi connectivity index (χ2v) is 7.81. The van der Waals surface area contributed by atoms with Crippen LogP contribution in [0.4, 0.5) is 0 Å². The molecule has 2 aliphatic rings. The van der Waals surface area contributed by atoms with Crippen LogP contribution in [0.25, 0.3) is 0 Å². The monoisotopic (exact) mass is 378 g/mol. The summed E-state index contributed by atoms with van der Waals surface area (Å²) in [7, 11) is 0. The van der Waals surface area contributed by atoms with E-state index in [0.717, 1.165) is 12.0 Å². The molecule has 1 heterocycles. The van der Waals surface area contributed by atoms with Crippen LogP contribution in [0.15, 0.2) is 34.6 Å². The van der Waals surface area contributed by atoms with Crippen molar-refractivity contribution >= 4 is 11.8 Å². The number of hydrogen-bond donors (Lipinski definition) is 3. The topological polar surface area (TPSA) is 104 Å². The molecule has 3 atom stereocenters. The highest BCUT2D eigenvalue weighted by Crippen LogP contribution is 2.39. The molecule has 0 aromatic rings. The highest BCUT2D eigenvalue weighted by molar-refractivity contribution is 6.00. The Hall–Kier alpha value is -1.92. The van der Waals surface area contributed by atoms with Crippen LogP contribution in [0, 0.1) is 0 Å². The summed E-state index contributed by atoms with van der Waals surface area (Å²) < 4.78 is 5.83. The second kappa shape index (κ2) is 8.85. The molecule has 0 spiro atoms. The average Bonchev–Trinajstić information content (AvgIpc) is 3.04. The van der Waals surface area contributed by atoms with Crippen molar-refractivity contribution in [1.29, 1.82) is 0 Å². The fourth-order valence-corrected chi connectivity index (χ4v) is 3.46. The zero-order valence-electron chi connectivity index (χ0n) is 16.3. The molecule has 1 unspecified atom stereocenters. The number of carbonyl (C=O) groups excluding carboxylic acids is 1. The van der Waals surface area contributed by atoms with Crippen molar-refractivity contribution in [3.63, 3.8) is 0 Å². The first-order chi connectivity index (χ1) is 12.6. The predicted octanol–water partition coefficient (Wildman–Crippen LogP) is 3.04. The van der Waals surface area contributed by atoms with Gasteiger partial charge in [0.1, 0.15) is 18.0 Å². The van der Waals surface area contributed by atoms with Gasteiger partial charge in [0.05, 0.1) is 5.60 Å².